The number of hydrogen-bond acceptors (Lipinski definition) is 4. The lowest BCUT2D eigenvalue weighted by atomic mass is 9.86. The van der Waals surface area contributed by atoms with Crippen molar-refractivity contribution < 1.29 is 14.6 Å². The molecule has 0 aromatic heterocycles. The Morgan fingerprint density at radius 3 is 2.85 bits per heavy atom. The van der Waals surface area contributed by atoms with Gasteiger partial charge in [-0.25, -0.2) is 0 Å². The Labute approximate surface area is 120 Å². The molecular formula is C16H23NO3. The number of ether oxygens (including phenoxy) is 2. The first kappa shape index (κ1) is 13.9. The Balaban J connectivity index is 1.44. The van der Waals surface area contributed by atoms with Crippen LogP contribution in [0.5, 0.6) is 5.75 Å². The molecule has 1 N–H and O–H groups in total. The lowest BCUT2D eigenvalue weighted by Crippen LogP contribution is -2.55. The number of likely N-dealkylation sites (tertiary alicyclic amines) is 1. The molecule has 0 saturated carbocycles. The second kappa shape index (κ2) is 6.12. The Bertz CT molecular complexity index is 417. The normalized spacial score (nSPS) is 30.8. The van der Waals surface area contributed by atoms with Gasteiger partial charge in [-0.2, -0.15) is 0 Å². The second-order valence-corrected chi connectivity index (χ2v) is 5.74. The molecule has 2 saturated heterocycles. The number of rotatable bonds is 4. The molecule has 0 aliphatic carbocycles. The molecule has 2 aliphatic heterocycles. The van der Waals surface area contributed by atoms with Crippen molar-refractivity contribution in [3.8, 4) is 5.75 Å². The van der Waals surface area contributed by atoms with Gasteiger partial charge in [-0.3, -0.25) is 4.90 Å². The third-order valence-corrected chi connectivity index (χ3v) is 4.44. The summed E-state index contributed by atoms with van der Waals surface area (Å²) in [6.07, 6.45) is 2.64. The van der Waals surface area contributed by atoms with Crippen molar-refractivity contribution in [3.05, 3.63) is 30.3 Å². The predicted molar refractivity (Wildman–Crippen MR) is 76.9 cm³/mol. The van der Waals surface area contributed by atoms with Crippen LogP contribution >= 0.6 is 0 Å². The van der Waals surface area contributed by atoms with Gasteiger partial charge in [-0.1, -0.05) is 18.2 Å². The van der Waals surface area contributed by atoms with Crippen LogP contribution in [-0.4, -0.2) is 54.6 Å². The van der Waals surface area contributed by atoms with Crippen molar-refractivity contribution >= 4 is 0 Å². The maximum Gasteiger partial charge on any atom is 0.119 e. The molecule has 2 atom stereocenters. The molecule has 110 valence electrons. The van der Waals surface area contributed by atoms with Crippen LogP contribution in [0.15, 0.2) is 30.3 Å². The third kappa shape index (κ3) is 2.97. The SMILES string of the molecule is O[C@H]1CN(CCOc2ccccc2)CC[C@@]12CCCO2. The van der Waals surface area contributed by atoms with Gasteiger partial charge in [0.2, 0.25) is 0 Å². The monoisotopic (exact) mass is 277 g/mol. The molecule has 0 radical (unpaired) electrons. The highest BCUT2D eigenvalue weighted by Gasteiger charge is 2.45. The Hall–Kier alpha value is -1.10. The molecular weight excluding hydrogens is 254 g/mol. The zero-order valence-electron chi connectivity index (χ0n) is 11.8. The summed E-state index contributed by atoms with van der Waals surface area (Å²) in [7, 11) is 0. The number of β-amino-alcohol motifs (C(OH)–C–C–N with tert-alkyl or cyclic N) is 1. The quantitative estimate of drug-likeness (QED) is 0.909. The van der Waals surface area contributed by atoms with E-state index in [9.17, 15) is 5.11 Å². The first-order valence-corrected chi connectivity index (χ1v) is 7.51. The highest BCUT2D eigenvalue weighted by molar-refractivity contribution is 5.20. The van der Waals surface area contributed by atoms with Crippen molar-refractivity contribution in [3.63, 3.8) is 0 Å². The van der Waals surface area contributed by atoms with Crippen molar-refractivity contribution in [2.24, 2.45) is 0 Å². The minimum Gasteiger partial charge on any atom is -0.492 e. The summed E-state index contributed by atoms with van der Waals surface area (Å²) in [5.74, 6) is 0.903. The molecule has 0 amide bonds. The van der Waals surface area contributed by atoms with E-state index in [-0.39, 0.29) is 11.7 Å². The third-order valence-electron chi connectivity index (χ3n) is 4.44. The van der Waals surface area contributed by atoms with E-state index < -0.39 is 0 Å². The molecule has 1 spiro atoms. The van der Waals surface area contributed by atoms with Crippen LogP contribution in [0.2, 0.25) is 0 Å². The Morgan fingerprint density at radius 2 is 2.15 bits per heavy atom. The summed E-state index contributed by atoms with van der Waals surface area (Å²) in [5.41, 5.74) is -0.253. The molecule has 3 rings (SSSR count). The van der Waals surface area contributed by atoms with Gasteiger partial charge >= 0.3 is 0 Å². The fourth-order valence-corrected chi connectivity index (χ4v) is 3.21. The number of nitrogens with zero attached hydrogens (tertiary/aromatic N) is 1. The number of aliphatic hydroxyl groups is 1. The van der Waals surface area contributed by atoms with E-state index >= 15 is 0 Å². The van der Waals surface area contributed by atoms with E-state index in [0.29, 0.717) is 13.2 Å². The van der Waals surface area contributed by atoms with E-state index in [2.05, 4.69) is 4.90 Å². The average molecular weight is 277 g/mol. The van der Waals surface area contributed by atoms with Crippen molar-refractivity contribution in [1.82, 2.24) is 4.90 Å². The molecule has 1 aromatic rings. The molecule has 2 aliphatic rings. The topological polar surface area (TPSA) is 41.9 Å². The number of hydrogen-bond donors (Lipinski definition) is 1. The van der Waals surface area contributed by atoms with Crippen molar-refractivity contribution in [2.75, 3.05) is 32.8 Å². The molecule has 1 aromatic carbocycles. The summed E-state index contributed by atoms with van der Waals surface area (Å²) in [6.45, 7) is 3.98. The zero-order chi connectivity index (χ0) is 13.8. The smallest absolute Gasteiger partial charge is 0.119 e. The molecule has 4 nitrogen and oxygen atoms in total. The van der Waals surface area contributed by atoms with Crippen LogP contribution in [0.1, 0.15) is 19.3 Å². The molecule has 20 heavy (non-hydrogen) atoms. The summed E-state index contributed by atoms with van der Waals surface area (Å²) >= 11 is 0. The minimum absolute atomic E-state index is 0.253. The van der Waals surface area contributed by atoms with Gasteiger partial charge in [-0.15, -0.1) is 0 Å². The largest absolute Gasteiger partial charge is 0.492 e. The molecule has 4 heteroatoms. The standard InChI is InChI=1S/C16H23NO3/c18-15-13-17(9-8-16(15)7-4-11-20-16)10-12-19-14-5-2-1-3-6-14/h1-3,5-6,15,18H,4,7-13H2/t15-,16-/m0/s1. The molecule has 0 unspecified atom stereocenters. The van der Waals surface area contributed by atoms with Crippen molar-refractivity contribution in [2.45, 2.75) is 31.0 Å². The summed E-state index contributed by atoms with van der Waals surface area (Å²) < 4.78 is 11.5. The second-order valence-electron chi connectivity index (χ2n) is 5.74. The Morgan fingerprint density at radius 1 is 1.30 bits per heavy atom. The fraction of sp³-hybridized carbons (Fsp3) is 0.625. The average Bonchev–Trinajstić information content (AvgIpc) is 2.94. The van der Waals surface area contributed by atoms with Gasteiger partial charge in [0.15, 0.2) is 0 Å². The van der Waals surface area contributed by atoms with Gasteiger partial charge in [0, 0.05) is 26.2 Å². The van der Waals surface area contributed by atoms with Gasteiger partial charge in [0.1, 0.15) is 12.4 Å². The van der Waals surface area contributed by atoms with Gasteiger partial charge in [-0.05, 0) is 31.4 Å². The zero-order valence-corrected chi connectivity index (χ0v) is 11.8. The minimum atomic E-state index is -0.365. The summed E-state index contributed by atoms with van der Waals surface area (Å²) in [5, 5.41) is 10.3. The lowest BCUT2D eigenvalue weighted by Gasteiger charge is -2.42. The molecule has 2 fully saturated rings. The van der Waals surface area contributed by atoms with Crippen LogP contribution in [0, 0.1) is 0 Å². The molecule has 0 bridgehead atoms. The summed E-state index contributed by atoms with van der Waals surface area (Å²) in [6, 6.07) is 9.86. The van der Waals surface area contributed by atoms with E-state index in [4.69, 9.17) is 9.47 Å². The number of aliphatic hydroxyl groups excluding tert-OH is 1. The van der Waals surface area contributed by atoms with Crippen LogP contribution in [-0.2, 0) is 4.74 Å². The highest BCUT2D eigenvalue weighted by atomic mass is 16.5. The first-order chi connectivity index (χ1) is 9.78. The lowest BCUT2D eigenvalue weighted by molar-refractivity contribution is -0.129. The number of benzene rings is 1. The first-order valence-electron chi connectivity index (χ1n) is 7.51. The van der Waals surface area contributed by atoms with E-state index in [0.717, 1.165) is 44.7 Å². The summed E-state index contributed by atoms with van der Waals surface area (Å²) in [4.78, 5) is 2.26. The van der Waals surface area contributed by atoms with Gasteiger partial charge < -0.3 is 14.6 Å². The van der Waals surface area contributed by atoms with E-state index in [1.54, 1.807) is 0 Å². The maximum absolute atomic E-state index is 10.3. The molecule has 2 heterocycles. The number of para-hydroxylation sites is 1. The number of piperidine rings is 1. The highest BCUT2D eigenvalue weighted by Crippen LogP contribution is 2.35. The van der Waals surface area contributed by atoms with Crippen molar-refractivity contribution in [1.29, 1.82) is 0 Å². The van der Waals surface area contributed by atoms with Crippen LogP contribution < -0.4 is 4.74 Å². The predicted octanol–water partition coefficient (Wildman–Crippen LogP) is 1.68. The maximum atomic E-state index is 10.3. The Kier molecular flexibility index (Phi) is 4.24. The van der Waals surface area contributed by atoms with Crippen LogP contribution in [0.4, 0.5) is 0 Å². The fourth-order valence-electron chi connectivity index (χ4n) is 3.21. The van der Waals surface area contributed by atoms with E-state index in [1.807, 2.05) is 30.3 Å². The van der Waals surface area contributed by atoms with Gasteiger partial charge in [0.25, 0.3) is 0 Å². The van der Waals surface area contributed by atoms with E-state index in [1.165, 1.54) is 0 Å². The van der Waals surface area contributed by atoms with Crippen LogP contribution in [0.3, 0.4) is 0 Å². The van der Waals surface area contributed by atoms with Crippen LogP contribution in [0.25, 0.3) is 0 Å². The van der Waals surface area contributed by atoms with Gasteiger partial charge in [0.05, 0.1) is 11.7 Å².